The second-order valence-corrected chi connectivity index (χ2v) is 9.82. The van der Waals surface area contributed by atoms with Gasteiger partial charge in [-0.25, -0.2) is 14.5 Å². The molecule has 1 fully saturated rings. The summed E-state index contributed by atoms with van der Waals surface area (Å²) in [7, 11) is 0. The molecular formula is C28H32N4O7. The summed E-state index contributed by atoms with van der Waals surface area (Å²) in [6.45, 7) is 3.29. The van der Waals surface area contributed by atoms with E-state index in [4.69, 9.17) is 15.2 Å². The molecule has 2 aliphatic rings. The van der Waals surface area contributed by atoms with Crippen LogP contribution >= 0.6 is 0 Å². The van der Waals surface area contributed by atoms with E-state index in [1.165, 1.54) is 4.90 Å². The smallest absolute Gasteiger partial charge is 0.408 e. The van der Waals surface area contributed by atoms with Crippen molar-refractivity contribution >= 4 is 29.8 Å². The molecule has 2 aromatic carbocycles. The topological polar surface area (TPSA) is 148 Å². The summed E-state index contributed by atoms with van der Waals surface area (Å²) in [5, 5.41) is 2.49. The third-order valence-corrected chi connectivity index (χ3v) is 6.92. The van der Waals surface area contributed by atoms with Gasteiger partial charge in [-0.3, -0.25) is 14.4 Å². The Kier molecular flexibility index (Phi) is 8.60. The molecule has 0 aliphatic carbocycles. The van der Waals surface area contributed by atoms with Crippen LogP contribution in [0.4, 0.5) is 4.79 Å². The largest absolute Gasteiger partial charge is 0.445 e. The number of piperidine rings is 1. The number of esters is 1. The Morgan fingerprint density at radius 3 is 2.49 bits per heavy atom. The van der Waals surface area contributed by atoms with Crippen LogP contribution < -0.4 is 11.1 Å². The van der Waals surface area contributed by atoms with Crippen molar-refractivity contribution in [2.75, 3.05) is 6.73 Å². The van der Waals surface area contributed by atoms with E-state index in [9.17, 15) is 24.0 Å². The number of ether oxygens (including phenoxy) is 2. The van der Waals surface area contributed by atoms with Crippen molar-refractivity contribution in [1.29, 1.82) is 0 Å². The summed E-state index contributed by atoms with van der Waals surface area (Å²) in [5.41, 5.74) is 8.69. The Morgan fingerprint density at radius 1 is 1.05 bits per heavy atom. The second-order valence-electron chi connectivity index (χ2n) is 9.82. The van der Waals surface area contributed by atoms with Crippen LogP contribution in [-0.4, -0.2) is 58.4 Å². The maximum Gasteiger partial charge on any atom is 0.408 e. The molecule has 4 rings (SSSR count). The minimum absolute atomic E-state index is 0.00942. The van der Waals surface area contributed by atoms with Gasteiger partial charge in [-0.1, -0.05) is 56.3 Å². The van der Waals surface area contributed by atoms with Crippen LogP contribution in [0.2, 0.25) is 0 Å². The Bertz CT molecular complexity index is 1260. The molecule has 39 heavy (non-hydrogen) atoms. The quantitative estimate of drug-likeness (QED) is 0.366. The summed E-state index contributed by atoms with van der Waals surface area (Å²) in [6.07, 6.45) is -0.623. The van der Waals surface area contributed by atoms with Gasteiger partial charge in [-0.05, 0) is 35.1 Å². The monoisotopic (exact) mass is 536 g/mol. The number of amides is 4. The lowest BCUT2D eigenvalue weighted by Crippen LogP contribution is -2.55. The number of carbonyl (C=O) groups excluding carboxylic acids is 5. The number of alkyl carbamates (subject to hydrolysis) is 1. The third-order valence-electron chi connectivity index (χ3n) is 6.92. The normalized spacial score (nSPS) is 17.7. The van der Waals surface area contributed by atoms with Gasteiger partial charge < -0.3 is 25.4 Å². The number of imide groups is 1. The lowest BCUT2D eigenvalue weighted by molar-refractivity contribution is -0.165. The highest BCUT2D eigenvalue weighted by Gasteiger charge is 2.43. The third kappa shape index (κ3) is 6.09. The highest BCUT2D eigenvalue weighted by Crippen LogP contribution is 2.31. The molecule has 1 unspecified atom stereocenters. The van der Waals surface area contributed by atoms with Gasteiger partial charge in [-0.15, -0.1) is 0 Å². The van der Waals surface area contributed by atoms with Crippen molar-refractivity contribution in [3.05, 3.63) is 70.8 Å². The van der Waals surface area contributed by atoms with Gasteiger partial charge in [0.15, 0.2) is 6.73 Å². The zero-order valence-electron chi connectivity index (χ0n) is 21.9. The molecule has 0 radical (unpaired) electrons. The van der Waals surface area contributed by atoms with Crippen molar-refractivity contribution in [2.24, 2.45) is 11.7 Å². The van der Waals surface area contributed by atoms with Crippen molar-refractivity contribution < 1.29 is 33.4 Å². The summed E-state index contributed by atoms with van der Waals surface area (Å²) in [4.78, 5) is 66.4. The maximum atomic E-state index is 13.3. The number of nitrogens with zero attached hydrogens (tertiary/aromatic N) is 2. The van der Waals surface area contributed by atoms with Crippen LogP contribution in [-0.2, 0) is 43.6 Å². The van der Waals surface area contributed by atoms with Crippen molar-refractivity contribution in [1.82, 2.24) is 15.1 Å². The van der Waals surface area contributed by atoms with Gasteiger partial charge in [0.05, 0.1) is 0 Å². The molecule has 2 atom stereocenters. The number of likely N-dealkylation sites (tertiary alicyclic amines) is 1. The first kappa shape index (κ1) is 27.8. The number of fused-ring (bicyclic) bond motifs is 1. The summed E-state index contributed by atoms with van der Waals surface area (Å²) >= 11 is 0. The number of nitrogens with two attached hydrogens (primary N) is 1. The highest BCUT2D eigenvalue weighted by atomic mass is 16.6. The van der Waals surface area contributed by atoms with Crippen LogP contribution in [0.15, 0.2) is 48.5 Å². The molecule has 0 aromatic heterocycles. The Morgan fingerprint density at radius 2 is 1.79 bits per heavy atom. The van der Waals surface area contributed by atoms with E-state index >= 15 is 0 Å². The summed E-state index contributed by atoms with van der Waals surface area (Å²) in [6, 6.07) is 12.4. The average Bonchev–Trinajstić information content (AvgIpc) is 3.26. The molecule has 11 heteroatoms. The number of hydrogen-bond donors (Lipinski definition) is 2. The number of rotatable bonds is 9. The lowest BCUT2D eigenvalue weighted by Gasteiger charge is -2.35. The van der Waals surface area contributed by atoms with Crippen LogP contribution in [0.25, 0.3) is 0 Å². The summed E-state index contributed by atoms with van der Waals surface area (Å²) in [5.74, 6) is -2.61. The van der Waals surface area contributed by atoms with Gasteiger partial charge in [0, 0.05) is 25.1 Å². The second kappa shape index (κ2) is 12.1. The molecule has 2 aromatic rings. The predicted octanol–water partition coefficient (Wildman–Crippen LogP) is 2.07. The zero-order valence-corrected chi connectivity index (χ0v) is 21.9. The molecule has 206 valence electrons. The fraction of sp³-hybridized carbons (Fsp3) is 0.393. The molecule has 3 N–H and O–H groups in total. The number of nitrogens with one attached hydrogen (secondary N) is 1. The fourth-order valence-electron chi connectivity index (χ4n) is 4.72. The molecule has 1 saturated heterocycles. The Balaban J connectivity index is 1.36. The SMILES string of the molecule is CC(C)[C@@H](NC(=O)OCc1ccccc1)C(=O)OCN1C(=O)CCC(N2Cc3c(CN)cccc3C2=O)C1=O. The predicted molar refractivity (Wildman–Crippen MR) is 138 cm³/mol. The van der Waals surface area contributed by atoms with Gasteiger partial charge in [0.1, 0.15) is 18.7 Å². The van der Waals surface area contributed by atoms with E-state index in [-0.39, 0.29) is 44.4 Å². The first-order valence-electron chi connectivity index (χ1n) is 12.8. The van der Waals surface area contributed by atoms with Crippen molar-refractivity contribution in [3.8, 4) is 0 Å². The van der Waals surface area contributed by atoms with Crippen LogP contribution in [0.3, 0.4) is 0 Å². The number of benzene rings is 2. The Hall–Kier alpha value is -4.25. The Labute approximate surface area is 226 Å². The van der Waals surface area contributed by atoms with Crippen LogP contribution in [0, 0.1) is 5.92 Å². The van der Waals surface area contributed by atoms with E-state index in [1.54, 1.807) is 38.1 Å². The molecule has 0 saturated carbocycles. The molecule has 0 bridgehead atoms. The standard InChI is InChI=1S/C28H32N4O7/c1-17(2)24(30-28(37)38-15-18-7-4-3-5-8-18)27(36)39-16-32-23(33)12-11-22(26(32)35)31-14-21-19(13-29)9-6-10-20(21)25(31)34/h3-10,17,22,24H,11-16,29H2,1-2H3,(H,30,37)/t22?,24-/m1/s1. The van der Waals surface area contributed by atoms with E-state index < -0.39 is 42.7 Å². The van der Waals surface area contributed by atoms with Gasteiger partial charge in [0.25, 0.3) is 11.8 Å². The zero-order chi connectivity index (χ0) is 28.1. The minimum atomic E-state index is -1.07. The summed E-state index contributed by atoms with van der Waals surface area (Å²) < 4.78 is 10.5. The first-order valence-corrected chi connectivity index (χ1v) is 12.8. The van der Waals surface area contributed by atoms with Crippen molar-refractivity contribution in [3.63, 3.8) is 0 Å². The van der Waals surface area contributed by atoms with Crippen LogP contribution in [0.5, 0.6) is 0 Å². The molecule has 2 heterocycles. The van der Waals surface area contributed by atoms with E-state index in [2.05, 4.69) is 5.32 Å². The van der Waals surface area contributed by atoms with Crippen molar-refractivity contribution in [2.45, 2.75) is 58.5 Å². The highest BCUT2D eigenvalue weighted by molar-refractivity contribution is 6.05. The van der Waals surface area contributed by atoms with Gasteiger partial charge in [-0.2, -0.15) is 0 Å². The molecular weight excluding hydrogens is 504 g/mol. The van der Waals surface area contributed by atoms with E-state index in [1.807, 2.05) is 24.3 Å². The minimum Gasteiger partial charge on any atom is -0.445 e. The molecule has 11 nitrogen and oxygen atoms in total. The molecule has 4 amide bonds. The molecule has 0 spiro atoms. The van der Waals surface area contributed by atoms with Gasteiger partial charge in [0.2, 0.25) is 5.91 Å². The maximum absolute atomic E-state index is 13.3. The fourth-order valence-corrected chi connectivity index (χ4v) is 4.72. The number of hydrogen-bond acceptors (Lipinski definition) is 8. The first-order chi connectivity index (χ1) is 18.7. The van der Waals surface area contributed by atoms with E-state index in [0.717, 1.165) is 21.6 Å². The van der Waals surface area contributed by atoms with Crippen LogP contribution in [0.1, 0.15) is 53.7 Å². The molecule has 2 aliphatic heterocycles. The average molecular weight is 537 g/mol. The lowest BCUT2D eigenvalue weighted by atomic mass is 10.0. The van der Waals surface area contributed by atoms with E-state index in [0.29, 0.717) is 5.56 Å². The van der Waals surface area contributed by atoms with Gasteiger partial charge >= 0.3 is 12.1 Å². The number of carbonyl (C=O) groups is 5.